The highest BCUT2D eigenvalue weighted by molar-refractivity contribution is 5.86. The Morgan fingerprint density at radius 3 is 1.81 bits per heavy atom. The highest BCUT2D eigenvalue weighted by Gasteiger charge is 2.66. The zero-order valence-corrected chi connectivity index (χ0v) is 11.0. The second-order valence-electron chi connectivity index (χ2n) is 4.46. The summed E-state index contributed by atoms with van der Waals surface area (Å²) in [5.41, 5.74) is 45.5. The maximum atomic E-state index is 11.1. The zero-order valence-electron chi connectivity index (χ0n) is 11.0. The summed E-state index contributed by atoms with van der Waals surface area (Å²) in [5.74, 6) is -5.69. The van der Waals surface area contributed by atoms with Gasteiger partial charge in [0.2, 0.25) is 11.7 Å². The highest BCUT2D eigenvalue weighted by Crippen LogP contribution is 2.29. The van der Waals surface area contributed by atoms with Gasteiger partial charge in [-0.3, -0.25) is 43.9 Å². The summed E-state index contributed by atoms with van der Waals surface area (Å²) in [4.78, 5) is 15.5. The minimum Gasteiger partial charge on any atom is -0.393 e. The molecule has 1 rings (SSSR count). The van der Waals surface area contributed by atoms with Crippen molar-refractivity contribution in [3.05, 3.63) is 12.3 Å². The highest BCUT2D eigenvalue weighted by atomic mass is 16.8. The van der Waals surface area contributed by atoms with Gasteiger partial charge in [-0.2, -0.15) is 5.43 Å². The number of rotatable bonds is 4. The third-order valence-corrected chi connectivity index (χ3v) is 2.54. The molecule has 0 atom stereocenters. The van der Waals surface area contributed by atoms with Crippen LogP contribution in [-0.2, 0) is 19.1 Å². The van der Waals surface area contributed by atoms with Crippen LogP contribution >= 0.6 is 0 Å². The molecule has 14 nitrogen and oxygen atoms in total. The summed E-state index contributed by atoms with van der Waals surface area (Å²) in [7, 11) is 0. The molecule has 1 fully saturated rings. The van der Waals surface area contributed by atoms with Crippen LogP contribution in [0.4, 0.5) is 0 Å². The molecule has 1 aliphatic rings. The van der Waals surface area contributed by atoms with Crippen molar-refractivity contribution in [1.82, 2.24) is 11.0 Å². The van der Waals surface area contributed by atoms with E-state index >= 15 is 0 Å². The van der Waals surface area contributed by atoms with Crippen LogP contribution in [-0.4, -0.2) is 29.4 Å². The summed E-state index contributed by atoms with van der Waals surface area (Å²) < 4.78 is 9.67. The molecule has 18 N–H and O–H groups in total. The standard InChI is InChI=1S/C7H20N10O4/c1-2(8)3(18)19-17-16-4(9)5(10,11)20-7(14,15)21-6(4,12)13/h16-17H,1,8-15H2. The van der Waals surface area contributed by atoms with Gasteiger partial charge in [0.05, 0.1) is 0 Å². The van der Waals surface area contributed by atoms with Gasteiger partial charge >= 0.3 is 5.97 Å². The maximum Gasteiger partial charge on any atom is 0.373 e. The van der Waals surface area contributed by atoms with E-state index in [1.54, 1.807) is 0 Å². The molecular formula is C7H20N10O4. The summed E-state index contributed by atoms with van der Waals surface area (Å²) in [5, 5.41) is 0. The summed E-state index contributed by atoms with van der Waals surface area (Å²) in [6.07, 6.45) is 0. The molecule has 1 aliphatic heterocycles. The summed E-state index contributed by atoms with van der Waals surface area (Å²) in [6, 6.07) is -2.31. The van der Waals surface area contributed by atoms with Crippen molar-refractivity contribution in [2.45, 2.75) is 23.4 Å². The molecule has 1 saturated heterocycles. The maximum absolute atomic E-state index is 11.1. The largest absolute Gasteiger partial charge is 0.393 e. The lowest BCUT2D eigenvalue weighted by Crippen LogP contribution is -2.98. The molecular weight excluding hydrogens is 288 g/mol. The molecule has 0 aliphatic carbocycles. The van der Waals surface area contributed by atoms with E-state index in [2.05, 4.69) is 16.8 Å². The normalized spacial score (nSPS) is 25.1. The van der Waals surface area contributed by atoms with E-state index in [0.29, 0.717) is 0 Å². The molecule has 0 unspecified atom stereocenters. The third kappa shape index (κ3) is 3.26. The lowest BCUT2D eigenvalue weighted by Gasteiger charge is -2.57. The Morgan fingerprint density at radius 1 is 1.00 bits per heavy atom. The van der Waals surface area contributed by atoms with Crippen LogP contribution in [0.15, 0.2) is 12.3 Å². The van der Waals surface area contributed by atoms with Gasteiger partial charge in [-0.05, 0) is 0 Å². The van der Waals surface area contributed by atoms with Crippen molar-refractivity contribution in [3.8, 4) is 0 Å². The molecule has 21 heavy (non-hydrogen) atoms. The number of hydrogen-bond acceptors (Lipinski definition) is 14. The molecule has 0 radical (unpaired) electrons. The average molecular weight is 308 g/mol. The van der Waals surface area contributed by atoms with Crippen molar-refractivity contribution < 1.29 is 19.1 Å². The van der Waals surface area contributed by atoms with Gasteiger partial charge in [0.15, 0.2) is 5.66 Å². The Labute approximate surface area is 118 Å². The summed E-state index contributed by atoms with van der Waals surface area (Å²) in [6.45, 7) is 3.14. The van der Waals surface area contributed by atoms with Crippen LogP contribution in [0, 0.1) is 0 Å². The molecule has 0 aromatic heterocycles. The van der Waals surface area contributed by atoms with Gasteiger partial charge in [0.1, 0.15) is 5.70 Å². The zero-order chi connectivity index (χ0) is 16.7. The van der Waals surface area contributed by atoms with E-state index in [9.17, 15) is 4.79 Å². The van der Waals surface area contributed by atoms with E-state index in [-0.39, 0.29) is 0 Å². The molecule has 0 bridgehead atoms. The first-order chi connectivity index (χ1) is 9.24. The number of nitrogens with one attached hydrogen (secondary N) is 2. The lowest BCUT2D eigenvalue weighted by atomic mass is 9.98. The fourth-order valence-electron chi connectivity index (χ4n) is 1.43. The molecule has 14 heteroatoms. The smallest absolute Gasteiger partial charge is 0.373 e. The monoisotopic (exact) mass is 308 g/mol. The van der Waals surface area contributed by atoms with E-state index in [1.165, 1.54) is 0 Å². The van der Waals surface area contributed by atoms with Crippen molar-refractivity contribution in [2.75, 3.05) is 0 Å². The van der Waals surface area contributed by atoms with Crippen LogP contribution in [0.3, 0.4) is 0 Å². The van der Waals surface area contributed by atoms with Gasteiger partial charge in [0.25, 0.3) is 6.03 Å². The minimum absolute atomic E-state index is 0.395. The van der Waals surface area contributed by atoms with Crippen LogP contribution in [0.25, 0.3) is 0 Å². The number of nitrogens with two attached hydrogens (primary N) is 8. The Balaban J connectivity index is 2.90. The van der Waals surface area contributed by atoms with Crippen molar-refractivity contribution in [3.63, 3.8) is 0 Å². The van der Waals surface area contributed by atoms with Gasteiger partial charge in [-0.25, -0.2) is 4.79 Å². The van der Waals surface area contributed by atoms with Gasteiger partial charge < -0.3 is 16.3 Å². The number of carbonyl (C=O) groups excluding carboxylic acids is 1. The lowest BCUT2D eigenvalue weighted by molar-refractivity contribution is -0.409. The number of hydrogen-bond donors (Lipinski definition) is 10. The topological polar surface area (TPSA) is 277 Å². The first-order valence-corrected chi connectivity index (χ1v) is 5.34. The first kappa shape index (κ1) is 17.6. The first-order valence-electron chi connectivity index (χ1n) is 5.34. The fraction of sp³-hybridized carbons (Fsp3) is 0.571. The van der Waals surface area contributed by atoms with Crippen LogP contribution < -0.4 is 56.9 Å². The van der Waals surface area contributed by atoms with Crippen molar-refractivity contribution in [1.29, 1.82) is 0 Å². The van der Waals surface area contributed by atoms with Gasteiger partial charge in [-0.1, -0.05) is 12.2 Å². The fourth-order valence-corrected chi connectivity index (χ4v) is 1.43. The van der Waals surface area contributed by atoms with Crippen LogP contribution in [0.2, 0.25) is 0 Å². The van der Waals surface area contributed by atoms with E-state index < -0.39 is 35.1 Å². The summed E-state index contributed by atoms with van der Waals surface area (Å²) >= 11 is 0. The Morgan fingerprint density at radius 2 is 1.43 bits per heavy atom. The second kappa shape index (κ2) is 5.09. The van der Waals surface area contributed by atoms with Crippen molar-refractivity contribution in [2.24, 2.45) is 45.9 Å². The van der Waals surface area contributed by atoms with Crippen LogP contribution in [0.5, 0.6) is 0 Å². The number of carbonyl (C=O) groups is 1. The average Bonchev–Trinajstić information content (AvgIpc) is 2.23. The second-order valence-corrected chi connectivity index (χ2v) is 4.46. The Hall–Kier alpha value is -1.43. The molecule has 0 aromatic carbocycles. The van der Waals surface area contributed by atoms with Crippen LogP contribution in [0.1, 0.15) is 0 Å². The van der Waals surface area contributed by atoms with E-state index in [1.807, 2.05) is 5.59 Å². The SMILES string of the molecule is C=C(N)C(=O)ONNC1(N)C(N)(N)OC(N)(N)OC1(N)N. The van der Waals surface area contributed by atoms with E-state index in [4.69, 9.17) is 55.3 Å². The molecule has 0 amide bonds. The molecule has 1 heterocycles. The van der Waals surface area contributed by atoms with E-state index in [0.717, 1.165) is 0 Å². The van der Waals surface area contributed by atoms with Gasteiger partial charge in [-0.15, -0.1) is 0 Å². The predicted octanol–water partition coefficient (Wildman–Crippen LogP) is -6.62. The molecule has 0 spiro atoms. The number of ether oxygens (including phenoxy) is 2. The molecule has 0 aromatic rings. The quantitative estimate of drug-likeness (QED) is 0.131. The molecule has 122 valence electrons. The third-order valence-electron chi connectivity index (χ3n) is 2.54. The number of hydrazine groups is 1. The van der Waals surface area contributed by atoms with Gasteiger partial charge in [0, 0.05) is 0 Å². The minimum atomic E-state index is -2.34. The predicted molar refractivity (Wildman–Crippen MR) is 68.1 cm³/mol. The molecule has 0 saturated carbocycles. The van der Waals surface area contributed by atoms with Crippen molar-refractivity contribution >= 4 is 5.97 Å². The Kier molecular flexibility index (Phi) is 4.27. The Bertz CT molecular complexity index is 429.